The van der Waals surface area contributed by atoms with Gasteiger partial charge in [-0.05, 0) is 45.8 Å². The first-order valence-electron chi connectivity index (χ1n) is 5.54. The molecule has 1 N–H and O–H groups in total. The molecule has 0 heterocycles. The zero-order valence-electron chi connectivity index (χ0n) is 9.79. The van der Waals surface area contributed by atoms with Crippen molar-refractivity contribution >= 4 is 33.4 Å². The zero-order valence-corrected chi connectivity index (χ0v) is 12.1. The van der Waals surface area contributed by atoms with Gasteiger partial charge in [0.2, 0.25) is 0 Å². The van der Waals surface area contributed by atoms with Crippen molar-refractivity contribution in [3.63, 3.8) is 0 Å². The van der Waals surface area contributed by atoms with Crippen LogP contribution in [0.5, 0.6) is 0 Å². The molecule has 0 spiro atoms. The molecular formula is C14H10BrClFNO. The van der Waals surface area contributed by atoms with Crippen molar-refractivity contribution in [1.29, 1.82) is 0 Å². The Labute approximate surface area is 123 Å². The lowest BCUT2D eigenvalue weighted by molar-refractivity contribution is 0.0951. The van der Waals surface area contributed by atoms with Crippen molar-refractivity contribution < 1.29 is 9.18 Å². The molecule has 0 saturated carbocycles. The smallest absolute Gasteiger partial charge is 0.253 e. The molecule has 5 heteroatoms. The van der Waals surface area contributed by atoms with E-state index < -0.39 is 0 Å². The van der Waals surface area contributed by atoms with Gasteiger partial charge in [-0.25, -0.2) is 4.39 Å². The molecule has 2 rings (SSSR count). The van der Waals surface area contributed by atoms with Crippen LogP contribution in [0.4, 0.5) is 4.39 Å². The number of hydrogen-bond donors (Lipinski definition) is 1. The minimum atomic E-state index is -0.327. The van der Waals surface area contributed by atoms with Crippen LogP contribution in [0.25, 0.3) is 0 Å². The van der Waals surface area contributed by atoms with Crippen LogP contribution in [-0.4, -0.2) is 5.91 Å². The molecule has 0 fully saturated rings. The maximum absolute atomic E-state index is 13.0. The van der Waals surface area contributed by atoms with Gasteiger partial charge in [0.1, 0.15) is 5.82 Å². The van der Waals surface area contributed by atoms with Gasteiger partial charge in [0.05, 0.1) is 10.6 Å². The van der Waals surface area contributed by atoms with E-state index in [1.165, 1.54) is 12.1 Å². The quantitative estimate of drug-likeness (QED) is 0.891. The Bertz CT molecular complexity index is 618. The van der Waals surface area contributed by atoms with Crippen LogP contribution in [0.3, 0.4) is 0 Å². The number of halogens is 3. The molecule has 0 aromatic heterocycles. The Hall–Kier alpha value is -1.39. The van der Waals surface area contributed by atoms with Crippen molar-refractivity contribution in [2.24, 2.45) is 0 Å². The fraction of sp³-hybridized carbons (Fsp3) is 0.0714. The van der Waals surface area contributed by atoms with Crippen molar-refractivity contribution in [2.45, 2.75) is 6.54 Å². The maximum atomic E-state index is 13.0. The second-order valence-electron chi connectivity index (χ2n) is 3.91. The highest BCUT2D eigenvalue weighted by atomic mass is 79.9. The summed E-state index contributed by atoms with van der Waals surface area (Å²) in [5.74, 6) is -0.622. The first-order chi connectivity index (χ1) is 9.08. The Morgan fingerprint density at radius 2 is 2.00 bits per heavy atom. The van der Waals surface area contributed by atoms with Gasteiger partial charge in [-0.15, -0.1) is 0 Å². The van der Waals surface area contributed by atoms with E-state index >= 15 is 0 Å². The van der Waals surface area contributed by atoms with Crippen molar-refractivity contribution in [1.82, 2.24) is 5.32 Å². The van der Waals surface area contributed by atoms with Crippen LogP contribution in [0.15, 0.2) is 46.9 Å². The molecular weight excluding hydrogens is 333 g/mol. The zero-order chi connectivity index (χ0) is 13.8. The summed E-state index contributed by atoms with van der Waals surface area (Å²) in [6, 6.07) is 11.2. The van der Waals surface area contributed by atoms with Gasteiger partial charge in [-0.1, -0.05) is 29.8 Å². The normalized spacial score (nSPS) is 10.3. The van der Waals surface area contributed by atoms with Crippen molar-refractivity contribution in [2.75, 3.05) is 0 Å². The molecule has 98 valence electrons. The van der Waals surface area contributed by atoms with Crippen molar-refractivity contribution in [3.8, 4) is 0 Å². The third kappa shape index (κ3) is 3.55. The van der Waals surface area contributed by atoms with Gasteiger partial charge in [0, 0.05) is 11.0 Å². The molecule has 0 bridgehead atoms. The Morgan fingerprint density at radius 1 is 1.26 bits per heavy atom. The molecule has 19 heavy (non-hydrogen) atoms. The lowest BCUT2D eigenvalue weighted by atomic mass is 10.2. The van der Waals surface area contributed by atoms with Crippen LogP contribution < -0.4 is 5.32 Å². The highest BCUT2D eigenvalue weighted by molar-refractivity contribution is 9.10. The highest BCUT2D eigenvalue weighted by Crippen LogP contribution is 2.25. The molecule has 2 aromatic rings. The molecule has 2 nitrogen and oxygen atoms in total. The number of carbonyl (C=O) groups excluding carboxylic acids is 1. The van der Waals surface area contributed by atoms with Gasteiger partial charge >= 0.3 is 0 Å². The summed E-state index contributed by atoms with van der Waals surface area (Å²) < 4.78 is 13.7. The summed E-state index contributed by atoms with van der Waals surface area (Å²) in [7, 11) is 0. The summed E-state index contributed by atoms with van der Waals surface area (Å²) in [5.41, 5.74) is 1.08. The fourth-order valence-corrected chi connectivity index (χ4v) is 2.18. The standard InChI is InChI=1S/C14H10BrClFNO/c15-12-6-2-5-11(13(12)16)14(19)18-8-9-3-1-4-10(17)7-9/h1-7H,8H2,(H,18,19). The maximum Gasteiger partial charge on any atom is 0.253 e. The van der Waals surface area contributed by atoms with Crippen LogP contribution in [-0.2, 0) is 6.54 Å². The van der Waals surface area contributed by atoms with Crippen molar-refractivity contribution in [3.05, 3.63) is 68.9 Å². The molecule has 2 aromatic carbocycles. The average Bonchev–Trinajstić information content (AvgIpc) is 2.39. The number of benzene rings is 2. The topological polar surface area (TPSA) is 29.1 Å². The summed E-state index contributed by atoms with van der Waals surface area (Å²) >= 11 is 9.29. The Balaban J connectivity index is 2.08. The minimum Gasteiger partial charge on any atom is -0.348 e. The van der Waals surface area contributed by atoms with E-state index in [2.05, 4.69) is 21.2 Å². The summed E-state index contributed by atoms with van der Waals surface area (Å²) in [6.45, 7) is 0.249. The van der Waals surface area contributed by atoms with Crippen LogP contribution in [0, 0.1) is 5.82 Å². The molecule has 0 aliphatic heterocycles. The number of nitrogens with one attached hydrogen (secondary N) is 1. The molecule has 0 aliphatic rings. The Morgan fingerprint density at radius 3 is 2.74 bits per heavy atom. The van der Waals surface area contributed by atoms with Crippen LogP contribution >= 0.6 is 27.5 Å². The molecule has 0 atom stereocenters. The molecule has 0 radical (unpaired) electrons. The van der Waals surface area contributed by atoms with E-state index in [0.29, 0.717) is 20.6 Å². The third-order valence-electron chi connectivity index (χ3n) is 2.54. The number of amides is 1. The van der Waals surface area contributed by atoms with Gasteiger partial charge in [0.25, 0.3) is 5.91 Å². The minimum absolute atomic E-state index is 0.249. The monoisotopic (exact) mass is 341 g/mol. The fourth-order valence-electron chi connectivity index (χ4n) is 1.60. The molecule has 0 saturated heterocycles. The van der Waals surface area contributed by atoms with E-state index in [0.717, 1.165) is 0 Å². The van der Waals surface area contributed by atoms with Gasteiger partial charge in [-0.2, -0.15) is 0 Å². The molecule has 0 unspecified atom stereocenters. The SMILES string of the molecule is O=C(NCc1cccc(F)c1)c1cccc(Br)c1Cl. The lowest BCUT2D eigenvalue weighted by Crippen LogP contribution is -2.23. The predicted molar refractivity (Wildman–Crippen MR) is 76.7 cm³/mol. The largest absolute Gasteiger partial charge is 0.348 e. The van der Waals surface area contributed by atoms with Gasteiger partial charge in [-0.3, -0.25) is 4.79 Å². The molecule has 1 amide bonds. The second-order valence-corrected chi connectivity index (χ2v) is 5.15. The van der Waals surface area contributed by atoms with Crippen LogP contribution in [0.1, 0.15) is 15.9 Å². The summed E-state index contributed by atoms with van der Waals surface area (Å²) in [4.78, 5) is 12.0. The number of hydrogen-bond acceptors (Lipinski definition) is 1. The third-order valence-corrected chi connectivity index (χ3v) is 3.83. The van der Waals surface area contributed by atoms with E-state index in [4.69, 9.17) is 11.6 Å². The van der Waals surface area contributed by atoms with Gasteiger partial charge in [0.15, 0.2) is 0 Å². The van der Waals surface area contributed by atoms with E-state index in [1.807, 2.05) is 0 Å². The van der Waals surface area contributed by atoms with E-state index in [-0.39, 0.29) is 18.3 Å². The van der Waals surface area contributed by atoms with Crippen LogP contribution in [0.2, 0.25) is 5.02 Å². The highest BCUT2D eigenvalue weighted by Gasteiger charge is 2.11. The average molecular weight is 343 g/mol. The first-order valence-corrected chi connectivity index (χ1v) is 6.71. The summed E-state index contributed by atoms with van der Waals surface area (Å²) in [6.07, 6.45) is 0. The number of rotatable bonds is 3. The van der Waals surface area contributed by atoms with E-state index in [9.17, 15) is 9.18 Å². The first kappa shape index (κ1) is 14.0. The lowest BCUT2D eigenvalue weighted by Gasteiger charge is -2.08. The number of carbonyl (C=O) groups is 1. The molecule has 0 aliphatic carbocycles. The second kappa shape index (κ2) is 6.17. The summed E-state index contributed by atoms with van der Waals surface area (Å²) in [5, 5.41) is 3.06. The predicted octanol–water partition coefficient (Wildman–Crippen LogP) is 4.17. The van der Waals surface area contributed by atoms with E-state index in [1.54, 1.807) is 30.3 Å². The van der Waals surface area contributed by atoms with Gasteiger partial charge < -0.3 is 5.32 Å². The Kier molecular flexibility index (Phi) is 4.56.